The van der Waals surface area contributed by atoms with E-state index >= 15 is 0 Å². The lowest BCUT2D eigenvalue weighted by atomic mass is 10.4. The van der Waals surface area contributed by atoms with Crippen molar-refractivity contribution in [2.45, 2.75) is 19.9 Å². The molecule has 0 bridgehead atoms. The van der Waals surface area contributed by atoms with Crippen LogP contribution in [-0.4, -0.2) is 20.5 Å². The Morgan fingerprint density at radius 1 is 1.17 bits per heavy atom. The third kappa shape index (κ3) is 3.56. The third-order valence-corrected chi connectivity index (χ3v) is 5.52. The van der Waals surface area contributed by atoms with Crippen molar-refractivity contribution in [1.82, 2.24) is 0 Å². The van der Waals surface area contributed by atoms with Gasteiger partial charge in [-0.2, -0.15) is 0 Å². The molecule has 0 heterocycles. The minimum atomic E-state index is -3.11. The predicted octanol–water partition coefficient (Wildman–Crippen LogP) is 1.65. The SMILES string of the molecule is C=CC[Si](OC(C)=O)(OC(C)=O)c1ccccc1. The van der Waals surface area contributed by atoms with Gasteiger partial charge in [0.05, 0.1) is 0 Å². The van der Waals surface area contributed by atoms with Gasteiger partial charge in [-0.3, -0.25) is 9.59 Å². The molecule has 18 heavy (non-hydrogen) atoms. The molecule has 0 aliphatic carbocycles. The van der Waals surface area contributed by atoms with Crippen LogP contribution in [0.5, 0.6) is 0 Å². The predicted molar refractivity (Wildman–Crippen MR) is 70.4 cm³/mol. The first-order valence-corrected chi connectivity index (χ1v) is 7.58. The monoisotopic (exact) mass is 264 g/mol. The molecule has 0 aliphatic heterocycles. The van der Waals surface area contributed by atoms with Gasteiger partial charge in [0.2, 0.25) is 0 Å². The first-order chi connectivity index (χ1) is 8.50. The molecular weight excluding hydrogens is 248 g/mol. The zero-order valence-corrected chi connectivity index (χ0v) is 11.5. The zero-order chi connectivity index (χ0) is 13.6. The highest BCUT2D eigenvalue weighted by atomic mass is 28.4. The highest BCUT2D eigenvalue weighted by molar-refractivity contribution is 6.83. The summed E-state index contributed by atoms with van der Waals surface area (Å²) in [5.41, 5.74) is 0. The van der Waals surface area contributed by atoms with Crippen LogP contribution in [0.15, 0.2) is 43.0 Å². The lowest BCUT2D eigenvalue weighted by molar-refractivity contribution is -0.138. The van der Waals surface area contributed by atoms with E-state index in [4.69, 9.17) is 8.85 Å². The van der Waals surface area contributed by atoms with Crippen LogP contribution in [0.25, 0.3) is 0 Å². The van der Waals surface area contributed by atoms with Gasteiger partial charge in [-0.1, -0.05) is 36.4 Å². The highest BCUT2D eigenvalue weighted by Gasteiger charge is 2.45. The highest BCUT2D eigenvalue weighted by Crippen LogP contribution is 2.15. The van der Waals surface area contributed by atoms with E-state index in [-0.39, 0.29) is 0 Å². The Bertz CT molecular complexity index is 426. The molecule has 0 radical (unpaired) electrons. The van der Waals surface area contributed by atoms with Crippen LogP contribution < -0.4 is 5.19 Å². The normalized spacial score (nSPS) is 10.6. The molecule has 0 amide bonds. The van der Waals surface area contributed by atoms with Crippen LogP contribution in [0.1, 0.15) is 13.8 Å². The smallest absolute Gasteiger partial charge is 0.482 e. The standard InChI is InChI=1S/C13H16O4Si/c1-4-10-18(16-11(2)14,17-12(3)15)13-8-6-5-7-9-13/h4-9H,1,10H2,2-3H3. The van der Waals surface area contributed by atoms with Gasteiger partial charge in [0.25, 0.3) is 11.9 Å². The molecule has 0 spiro atoms. The maximum atomic E-state index is 11.3. The number of benzene rings is 1. The number of rotatable bonds is 5. The molecule has 0 atom stereocenters. The lowest BCUT2D eigenvalue weighted by Gasteiger charge is -2.27. The Labute approximate surface area is 107 Å². The van der Waals surface area contributed by atoms with Crippen molar-refractivity contribution in [2.75, 3.05) is 0 Å². The van der Waals surface area contributed by atoms with Crippen LogP contribution in [0, 0.1) is 0 Å². The molecule has 0 aromatic heterocycles. The fraction of sp³-hybridized carbons (Fsp3) is 0.231. The van der Waals surface area contributed by atoms with Crippen molar-refractivity contribution in [1.29, 1.82) is 0 Å². The molecule has 0 fully saturated rings. The van der Waals surface area contributed by atoms with Gasteiger partial charge in [-0.15, -0.1) is 6.58 Å². The van der Waals surface area contributed by atoms with E-state index in [0.29, 0.717) is 6.04 Å². The summed E-state index contributed by atoms with van der Waals surface area (Å²) in [5.74, 6) is -0.928. The van der Waals surface area contributed by atoms with Gasteiger partial charge in [-0.25, -0.2) is 0 Å². The second-order valence-corrected chi connectivity index (χ2v) is 6.70. The maximum Gasteiger partial charge on any atom is 0.503 e. The van der Waals surface area contributed by atoms with Gasteiger partial charge in [0, 0.05) is 25.1 Å². The molecule has 0 N–H and O–H groups in total. The van der Waals surface area contributed by atoms with E-state index in [1.165, 1.54) is 13.8 Å². The molecule has 0 saturated heterocycles. The Morgan fingerprint density at radius 2 is 1.67 bits per heavy atom. The summed E-state index contributed by atoms with van der Waals surface area (Å²) in [5, 5.41) is 0.732. The average molecular weight is 264 g/mol. The van der Waals surface area contributed by atoms with Crippen molar-refractivity contribution < 1.29 is 18.4 Å². The zero-order valence-electron chi connectivity index (χ0n) is 10.5. The van der Waals surface area contributed by atoms with E-state index < -0.39 is 20.5 Å². The number of hydrogen-bond acceptors (Lipinski definition) is 4. The molecule has 5 heteroatoms. The Kier molecular flexibility index (Phi) is 4.85. The topological polar surface area (TPSA) is 52.6 Å². The van der Waals surface area contributed by atoms with Crippen molar-refractivity contribution in [3.05, 3.63) is 43.0 Å². The molecule has 0 unspecified atom stereocenters. The number of carbonyl (C=O) groups is 2. The van der Waals surface area contributed by atoms with Crippen LogP contribution in [-0.2, 0) is 18.4 Å². The molecular formula is C13H16O4Si. The first kappa shape index (κ1) is 14.2. The van der Waals surface area contributed by atoms with E-state index in [9.17, 15) is 9.59 Å². The van der Waals surface area contributed by atoms with Crippen molar-refractivity contribution in [3.63, 3.8) is 0 Å². The Balaban J connectivity index is 3.22. The fourth-order valence-electron chi connectivity index (χ4n) is 1.69. The number of hydrogen-bond donors (Lipinski definition) is 0. The van der Waals surface area contributed by atoms with Crippen molar-refractivity contribution >= 4 is 25.7 Å². The van der Waals surface area contributed by atoms with Gasteiger partial charge in [0.1, 0.15) is 0 Å². The number of allylic oxidation sites excluding steroid dienone is 1. The van der Waals surface area contributed by atoms with Crippen molar-refractivity contribution in [3.8, 4) is 0 Å². The fourth-order valence-corrected chi connectivity index (χ4v) is 4.38. The summed E-state index contributed by atoms with van der Waals surface area (Å²) < 4.78 is 10.7. The molecule has 4 nitrogen and oxygen atoms in total. The van der Waals surface area contributed by atoms with E-state index in [1.807, 2.05) is 18.2 Å². The summed E-state index contributed by atoms with van der Waals surface area (Å²) in [4.78, 5) is 22.6. The van der Waals surface area contributed by atoms with Crippen molar-refractivity contribution in [2.24, 2.45) is 0 Å². The molecule has 0 aliphatic rings. The minimum Gasteiger partial charge on any atom is -0.482 e. The molecule has 96 valence electrons. The molecule has 1 aromatic carbocycles. The molecule has 1 aromatic rings. The quantitative estimate of drug-likeness (QED) is 0.599. The Morgan fingerprint density at radius 3 is 2.06 bits per heavy atom. The number of carbonyl (C=O) groups excluding carboxylic acids is 2. The average Bonchev–Trinajstić information content (AvgIpc) is 2.28. The summed E-state index contributed by atoms with van der Waals surface area (Å²) in [6, 6.07) is 9.39. The van der Waals surface area contributed by atoms with Crippen LogP contribution >= 0.6 is 0 Å². The Hall–Kier alpha value is -1.88. The second-order valence-electron chi connectivity index (χ2n) is 3.80. The van der Waals surface area contributed by atoms with Crippen LogP contribution in [0.3, 0.4) is 0 Å². The van der Waals surface area contributed by atoms with Crippen LogP contribution in [0.4, 0.5) is 0 Å². The van der Waals surface area contributed by atoms with Gasteiger partial charge in [-0.05, 0) is 0 Å². The largest absolute Gasteiger partial charge is 0.503 e. The maximum absolute atomic E-state index is 11.3. The van der Waals surface area contributed by atoms with Gasteiger partial charge >= 0.3 is 8.56 Å². The van der Waals surface area contributed by atoms with E-state index in [0.717, 1.165) is 5.19 Å². The first-order valence-electron chi connectivity index (χ1n) is 5.56. The van der Waals surface area contributed by atoms with Gasteiger partial charge < -0.3 is 8.85 Å². The van der Waals surface area contributed by atoms with Crippen LogP contribution in [0.2, 0.25) is 6.04 Å². The molecule has 1 rings (SSSR count). The summed E-state index contributed by atoms with van der Waals surface area (Å²) in [7, 11) is -3.11. The third-order valence-electron chi connectivity index (χ3n) is 2.24. The minimum absolute atomic E-state index is 0.330. The summed E-state index contributed by atoms with van der Waals surface area (Å²) in [6.07, 6.45) is 1.60. The van der Waals surface area contributed by atoms with Gasteiger partial charge in [0.15, 0.2) is 0 Å². The summed E-state index contributed by atoms with van der Waals surface area (Å²) in [6.45, 7) is 6.24. The molecule has 0 saturated carbocycles. The van der Waals surface area contributed by atoms with E-state index in [1.54, 1.807) is 18.2 Å². The second kappa shape index (κ2) is 6.16. The summed E-state index contributed by atoms with van der Waals surface area (Å²) >= 11 is 0. The lowest BCUT2D eigenvalue weighted by Crippen LogP contribution is -2.55. The van der Waals surface area contributed by atoms with E-state index in [2.05, 4.69) is 6.58 Å².